The summed E-state index contributed by atoms with van der Waals surface area (Å²) in [6, 6.07) is 0. The average molecular weight is 240 g/mol. The summed E-state index contributed by atoms with van der Waals surface area (Å²) in [5.74, 6) is 0.899. The molecule has 0 spiro atoms. The fraction of sp³-hybridized carbons (Fsp3) is 0.667. The first-order valence-electron chi connectivity index (χ1n) is 5.86. The third-order valence-electron chi connectivity index (χ3n) is 2.82. The van der Waals surface area contributed by atoms with Gasteiger partial charge < -0.3 is 5.73 Å². The van der Waals surface area contributed by atoms with Gasteiger partial charge in [0.05, 0.1) is 11.4 Å². The smallest absolute Gasteiger partial charge is 0.139 e. The lowest BCUT2D eigenvalue weighted by Gasteiger charge is -2.12. The first-order chi connectivity index (χ1) is 7.76. The van der Waals surface area contributed by atoms with Crippen LogP contribution in [0.15, 0.2) is 11.6 Å². The Bertz CT molecular complexity index is 298. The summed E-state index contributed by atoms with van der Waals surface area (Å²) >= 11 is 1.55. The molecule has 0 saturated heterocycles. The summed E-state index contributed by atoms with van der Waals surface area (Å²) in [6.07, 6.45) is 6.02. The minimum Gasteiger partial charge on any atom is -0.330 e. The van der Waals surface area contributed by atoms with Crippen molar-refractivity contribution >= 4 is 17.1 Å². The van der Waals surface area contributed by atoms with Crippen LogP contribution in [0.2, 0.25) is 0 Å². The van der Waals surface area contributed by atoms with Crippen LogP contribution in [0, 0.1) is 5.92 Å². The quantitative estimate of drug-likeness (QED) is 0.759. The maximum absolute atomic E-state index is 11.7. The molecule has 0 fully saturated rings. The summed E-state index contributed by atoms with van der Waals surface area (Å²) in [5.41, 5.74) is 5.53. The summed E-state index contributed by atoms with van der Waals surface area (Å²) in [5, 5.41) is 2.84. The molecule has 1 unspecified atom stereocenters. The maximum atomic E-state index is 11.7. The molecule has 3 nitrogen and oxygen atoms in total. The van der Waals surface area contributed by atoms with Crippen molar-refractivity contribution in [2.24, 2.45) is 11.7 Å². The Morgan fingerprint density at radius 2 is 2.38 bits per heavy atom. The van der Waals surface area contributed by atoms with Crippen LogP contribution in [-0.2, 0) is 11.2 Å². The third-order valence-corrected chi connectivity index (χ3v) is 3.60. The molecule has 1 atom stereocenters. The molecule has 1 aromatic heterocycles. The van der Waals surface area contributed by atoms with Crippen LogP contribution in [-0.4, -0.2) is 17.3 Å². The zero-order valence-electron chi connectivity index (χ0n) is 9.82. The van der Waals surface area contributed by atoms with Crippen molar-refractivity contribution in [1.29, 1.82) is 0 Å². The highest BCUT2D eigenvalue weighted by Gasteiger charge is 2.10. The zero-order valence-corrected chi connectivity index (χ0v) is 10.6. The third kappa shape index (κ3) is 4.86. The second kappa shape index (κ2) is 7.52. The van der Waals surface area contributed by atoms with E-state index < -0.39 is 0 Å². The minimum absolute atomic E-state index is 0.297. The number of ketones is 1. The molecule has 0 radical (unpaired) electrons. The van der Waals surface area contributed by atoms with Crippen molar-refractivity contribution in [2.45, 2.75) is 39.0 Å². The highest BCUT2D eigenvalue weighted by atomic mass is 32.1. The summed E-state index contributed by atoms with van der Waals surface area (Å²) in [7, 11) is 0. The molecule has 0 aliphatic rings. The van der Waals surface area contributed by atoms with Crippen molar-refractivity contribution in [2.75, 3.05) is 6.54 Å². The number of nitrogens with two attached hydrogens (primary N) is 1. The molecule has 1 heterocycles. The van der Waals surface area contributed by atoms with Gasteiger partial charge >= 0.3 is 0 Å². The average Bonchev–Trinajstić information content (AvgIpc) is 2.76. The highest BCUT2D eigenvalue weighted by molar-refractivity contribution is 7.09. The molecule has 0 aromatic carbocycles. The Hall–Kier alpha value is -0.740. The van der Waals surface area contributed by atoms with Gasteiger partial charge in [-0.3, -0.25) is 4.79 Å². The van der Waals surface area contributed by atoms with Crippen LogP contribution in [0.4, 0.5) is 0 Å². The number of carbonyl (C=O) groups excluding carboxylic acids is 1. The van der Waals surface area contributed by atoms with Gasteiger partial charge in [0, 0.05) is 18.0 Å². The largest absolute Gasteiger partial charge is 0.330 e. The fourth-order valence-electron chi connectivity index (χ4n) is 1.75. The number of Topliss-reactive ketones (excluding diaryl/α,β-unsaturated/α-hetero) is 1. The van der Waals surface area contributed by atoms with Gasteiger partial charge in [0.15, 0.2) is 0 Å². The van der Waals surface area contributed by atoms with Crippen molar-refractivity contribution < 1.29 is 4.79 Å². The standard InChI is InChI=1S/C12H20N2OS/c1-2-10(5-6-13)3-4-11(15)9-12-14-7-8-16-12/h7-8,10H,2-6,9,13H2,1H3. The van der Waals surface area contributed by atoms with Gasteiger partial charge in [-0.25, -0.2) is 4.98 Å². The van der Waals surface area contributed by atoms with E-state index in [0.717, 1.165) is 30.8 Å². The number of nitrogens with zero attached hydrogens (tertiary/aromatic N) is 1. The van der Waals surface area contributed by atoms with Crippen LogP contribution in [0.5, 0.6) is 0 Å². The molecular weight excluding hydrogens is 220 g/mol. The lowest BCUT2D eigenvalue weighted by atomic mass is 9.95. The second-order valence-electron chi connectivity index (χ2n) is 4.03. The molecule has 1 aromatic rings. The summed E-state index contributed by atoms with van der Waals surface area (Å²) < 4.78 is 0. The van der Waals surface area contributed by atoms with E-state index in [1.54, 1.807) is 17.5 Å². The van der Waals surface area contributed by atoms with Crippen LogP contribution >= 0.6 is 11.3 Å². The number of thiazole rings is 1. The van der Waals surface area contributed by atoms with E-state index in [9.17, 15) is 4.79 Å². The van der Waals surface area contributed by atoms with Gasteiger partial charge in [-0.05, 0) is 25.3 Å². The molecule has 16 heavy (non-hydrogen) atoms. The molecule has 0 aliphatic carbocycles. The van der Waals surface area contributed by atoms with Crippen molar-refractivity contribution in [3.05, 3.63) is 16.6 Å². The first-order valence-corrected chi connectivity index (χ1v) is 6.74. The predicted octanol–water partition coefficient (Wildman–Crippen LogP) is 2.41. The van der Waals surface area contributed by atoms with E-state index >= 15 is 0 Å². The van der Waals surface area contributed by atoms with Crippen LogP contribution in [0.25, 0.3) is 0 Å². The lowest BCUT2D eigenvalue weighted by Crippen LogP contribution is -2.11. The van der Waals surface area contributed by atoms with Gasteiger partial charge in [-0.15, -0.1) is 11.3 Å². The SMILES string of the molecule is CCC(CCN)CCC(=O)Cc1nccs1. The van der Waals surface area contributed by atoms with Gasteiger partial charge in [0.2, 0.25) is 0 Å². The Balaban J connectivity index is 2.24. The first kappa shape index (κ1) is 13.3. The predicted molar refractivity (Wildman–Crippen MR) is 67.5 cm³/mol. The van der Waals surface area contributed by atoms with Crippen LogP contribution in [0.3, 0.4) is 0 Å². The molecule has 0 bridgehead atoms. The van der Waals surface area contributed by atoms with Gasteiger partial charge in [0.25, 0.3) is 0 Å². The van der Waals surface area contributed by atoms with Gasteiger partial charge in [0.1, 0.15) is 5.78 Å². The maximum Gasteiger partial charge on any atom is 0.139 e. The minimum atomic E-state index is 0.297. The molecular formula is C12H20N2OS. The van der Waals surface area contributed by atoms with Crippen molar-refractivity contribution in [3.63, 3.8) is 0 Å². The fourth-order valence-corrected chi connectivity index (χ4v) is 2.40. The number of carbonyl (C=O) groups is 1. The lowest BCUT2D eigenvalue weighted by molar-refractivity contribution is -0.118. The molecule has 0 amide bonds. The normalized spacial score (nSPS) is 12.6. The van der Waals surface area contributed by atoms with Crippen molar-refractivity contribution in [3.8, 4) is 0 Å². The molecule has 90 valence electrons. The number of hydrogen-bond donors (Lipinski definition) is 1. The molecule has 0 aliphatic heterocycles. The summed E-state index contributed by atoms with van der Waals surface area (Å²) in [4.78, 5) is 15.8. The molecule has 1 rings (SSSR count). The van der Waals surface area contributed by atoms with Gasteiger partial charge in [-0.2, -0.15) is 0 Å². The molecule has 4 heteroatoms. The number of rotatable bonds is 8. The second-order valence-corrected chi connectivity index (χ2v) is 5.01. The molecule has 2 N–H and O–H groups in total. The zero-order chi connectivity index (χ0) is 11.8. The van der Waals surface area contributed by atoms with Crippen LogP contribution < -0.4 is 5.73 Å². The number of hydrogen-bond acceptors (Lipinski definition) is 4. The Morgan fingerprint density at radius 3 is 2.94 bits per heavy atom. The topological polar surface area (TPSA) is 56.0 Å². The van der Waals surface area contributed by atoms with Crippen molar-refractivity contribution in [1.82, 2.24) is 4.98 Å². The number of aromatic nitrogens is 1. The van der Waals surface area contributed by atoms with E-state index in [0.29, 0.717) is 24.5 Å². The van der Waals surface area contributed by atoms with E-state index in [-0.39, 0.29) is 0 Å². The van der Waals surface area contributed by atoms with E-state index in [4.69, 9.17) is 5.73 Å². The van der Waals surface area contributed by atoms with E-state index in [1.165, 1.54) is 0 Å². The Kier molecular flexibility index (Phi) is 6.26. The summed E-state index contributed by atoms with van der Waals surface area (Å²) in [6.45, 7) is 2.88. The highest BCUT2D eigenvalue weighted by Crippen LogP contribution is 2.16. The van der Waals surface area contributed by atoms with Gasteiger partial charge in [-0.1, -0.05) is 13.3 Å². The monoisotopic (exact) mass is 240 g/mol. The Morgan fingerprint density at radius 1 is 1.56 bits per heavy atom. The Labute approximate surface area is 101 Å². The van der Waals surface area contributed by atoms with E-state index in [1.807, 2.05) is 5.38 Å². The molecule has 0 saturated carbocycles. The van der Waals surface area contributed by atoms with Crippen LogP contribution in [0.1, 0.15) is 37.6 Å². The van der Waals surface area contributed by atoms with E-state index in [2.05, 4.69) is 11.9 Å².